The molecule has 0 saturated carbocycles. The normalized spacial score (nSPS) is 10.8. The van der Waals surface area contributed by atoms with E-state index in [1.54, 1.807) is 18.3 Å². The van der Waals surface area contributed by atoms with Crippen LogP contribution in [0.15, 0.2) is 47.1 Å². The number of pyridine rings is 1. The monoisotopic (exact) mass is 255 g/mol. The van der Waals surface area contributed by atoms with E-state index in [0.29, 0.717) is 16.5 Å². The van der Waals surface area contributed by atoms with Gasteiger partial charge in [0.2, 0.25) is 5.78 Å². The Bertz CT molecular complexity index is 777. The molecule has 3 aromatic rings. The zero-order valence-electron chi connectivity index (χ0n) is 10.2. The number of benzene rings is 1. The molecule has 2 aromatic heterocycles. The molecule has 1 aromatic carbocycles. The fourth-order valence-electron chi connectivity index (χ4n) is 1.95. The molecule has 0 bridgehead atoms. The zero-order valence-corrected chi connectivity index (χ0v) is 10.2. The summed E-state index contributed by atoms with van der Waals surface area (Å²) in [7, 11) is 0. The molecule has 0 aliphatic carbocycles. The Hall–Kier alpha value is -2.49. The van der Waals surface area contributed by atoms with Crippen LogP contribution >= 0.6 is 0 Å². The highest BCUT2D eigenvalue weighted by molar-refractivity contribution is 6.08. The Balaban J connectivity index is 2.06. The van der Waals surface area contributed by atoms with E-state index in [-0.39, 0.29) is 17.4 Å². The molecule has 0 saturated heterocycles. The number of halogens is 1. The first-order valence-electron chi connectivity index (χ1n) is 5.79. The number of carbonyl (C=O) groups excluding carboxylic acids is 1. The number of ketones is 1. The van der Waals surface area contributed by atoms with Crippen molar-refractivity contribution in [3.63, 3.8) is 0 Å². The summed E-state index contributed by atoms with van der Waals surface area (Å²) in [6.07, 6.45) is 3.16. The van der Waals surface area contributed by atoms with Crippen molar-refractivity contribution >= 4 is 16.8 Å². The Morgan fingerprint density at radius 2 is 2.05 bits per heavy atom. The maximum Gasteiger partial charge on any atom is 0.229 e. The molecule has 0 aliphatic heterocycles. The largest absolute Gasteiger partial charge is 0.453 e. The molecule has 19 heavy (non-hydrogen) atoms. The second kappa shape index (κ2) is 4.31. The smallest absolute Gasteiger partial charge is 0.229 e. The van der Waals surface area contributed by atoms with E-state index in [4.69, 9.17) is 4.42 Å². The standard InChI is InChI=1S/C15H10FNO2/c1-9-4-11(8-17-7-9)15(18)14-6-10-5-12(16)2-3-13(10)19-14/h2-8H,1H3. The lowest BCUT2D eigenvalue weighted by Gasteiger charge is -1.97. The molecule has 0 amide bonds. The van der Waals surface area contributed by atoms with Crippen molar-refractivity contribution in [3.05, 3.63) is 65.4 Å². The van der Waals surface area contributed by atoms with Crippen LogP contribution in [-0.4, -0.2) is 10.8 Å². The summed E-state index contributed by atoms with van der Waals surface area (Å²) in [6, 6.07) is 7.43. The second-order valence-electron chi connectivity index (χ2n) is 4.37. The highest BCUT2D eigenvalue weighted by Gasteiger charge is 2.15. The first-order chi connectivity index (χ1) is 9.13. The van der Waals surface area contributed by atoms with Gasteiger partial charge < -0.3 is 4.42 Å². The number of aromatic nitrogens is 1. The summed E-state index contributed by atoms with van der Waals surface area (Å²) in [5.74, 6) is -0.426. The van der Waals surface area contributed by atoms with Gasteiger partial charge in [-0.1, -0.05) is 0 Å². The van der Waals surface area contributed by atoms with Gasteiger partial charge in [-0.05, 0) is 42.8 Å². The molecule has 0 fully saturated rings. The molecule has 0 spiro atoms. The van der Waals surface area contributed by atoms with Gasteiger partial charge in [-0.25, -0.2) is 4.39 Å². The van der Waals surface area contributed by atoms with Crippen LogP contribution in [0.5, 0.6) is 0 Å². The quantitative estimate of drug-likeness (QED) is 0.658. The van der Waals surface area contributed by atoms with Gasteiger partial charge in [0.15, 0.2) is 5.76 Å². The lowest BCUT2D eigenvalue weighted by Crippen LogP contribution is -2.00. The Morgan fingerprint density at radius 1 is 1.21 bits per heavy atom. The average molecular weight is 255 g/mol. The SMILES string of the molecule is Cc1cncc(C(=O)c2cc3cc(F)ccc3o2)c1. The van der Waals surface area contributed by atoms with E-state index in [1.807, 2.05) is 6.92 Å². The summed E-state index contributed by atoms with van der Waals surface area (Å²) < 4.78 is 18.5. The molecule has 3 nitrogen and oxygen atoms in total. The van der Waals surface area contributed by atoms with Gasteiger partial charge in [-0.3, -0.25) is 9.78 Å². The van der Waals surface area contributed by atoms with Crippen molar-refractivity contribution in [2.24, 2.45) is 0 Å². The molecule has 0 radical (unpaired) electrons. The minimum Gasteiger partial charge on any atom is -0.453 e. The predicted octanol–water partition coefficient (Wildman–Crippen LogP) is 3.51. The Labute approximate surface area is 108 Å². The van der Waals surface area contributed by atoms with Gasteiger partial charge in [0.25, 0.3) is 0 Å². The number of hydrogen-bond acceptors (Lipinski definition) is 3. The molecule has 0 atom stereocenters. The van der Waals surface area contributed by atoms with Gasteiger partial charge in [0.1, 0.15) is 11.4 Å². The summed E-state index contributed by atoms with van der Waals surface area (Å²) in [6.45, 7) is 1.86. The highest BCUT2D eigenvalue weighted by atomic mass is 19.1. The van der Waals surface area contributed by atoms with Crippen LogP contribution < -0.4 is 0 Å². The summed E-state index contributed by atoms with van der Waals surface area (Å²) in [5, 5.41) is 0.573. The van der Waals surface area contributed by atoms with E-state index < -0.39 is 0 Å². The maximum absolute atomic E-state index is 13.1. The minimum absolute atomic E-state index is 0.188. The number of fused-ring (bicyclic) bond motifs is 1. The van der Waals surface area contributed by atoms with Crippen LogP contribution in [0.3, 0.4) is 0 Å². The number of nitrogens with zero attached hydrogens (tertiary/aromatic N) is 1. The second-order valence-corrected chi connectivity index (χ2v) is 4.37. The fourth-order valence-corrected chi connectivity index (χ4v) is 1.95. The molecular formula is C15H10FNO2. The van der Waals surface area contributed by atoms with Crippen LogP contribution in [0.4, 0.5) is 4.39 Å². The minimum atomic E-state index is -0.357. The number of aryl methyl sites for hydroxylation is 1. The van der Waals surface area contributed by atoms with E-state index >= 15 is 0 Å². The average Bonchev–Trinajstić information content (AvgIpc) is 2.80. The summed E-state index contributed by atoms with van der Waals surface area (Å²) in [5.41, 5.74) is 1.85. The molecule has 94 valence electrons. The van der Waals surface area contributed by atoms with Gasteiger partial charge in [0.05, 0.1) is 0 Å². The van der Waals surface area contributed by atoms with Crippen molar-refractivity contribution in [1.29, 1.82) is 0 Å². The van der Waals surface area contributed by atoms with Crippen LogP contribution in [0, 0.1) is 12.7 Å². The number of carbonyl (C=O) groups is 1. The number of hydrogen-bond donors (Lipinski definition) is 0. The van der Waals surface area contributed by atoms with Crippen molar-refractivity contribution in [3.8, 4) is 0 Å². The van der Waals surface area contributed by atoms with Crippen molar-refractivity contribution in [2.75, 3.05) is 0 Å². The van der Waals surface area contributed by atoms with Crippen LogP contribution in [-0.2, 0) is 0 Å². The van der Waals surface area contributed by atoms with Gasteiger partial charge in [-0.15, -0.1) is 0 Å². The van der Waals surface area contributed by atoms with E-state index in [2.05, 4.69) is 4.98 Å². The van der Waals surface area contributed by atoms with Crippen LogP contribution in [0.2, 0.25) is 0 Å². The topological polar surface area (TPSA) is 43.1 Å². The third-order valence-electron chi connectivity index (χ3n) is 2.84. The number of furan rings is 1. The van der Waals surface area contributed by atoms with Gasteiger partial charge >= 0.3 is 0 Å². The van der Waals surface area contributed by atoms with Crippen LogP contribution in [0.1, 0.15) is 21.7 Å². The molecule has 3 rings (SSSR count). The van der Waals surface area contributed by atoms with Crippen molar-refractivity contribution in [2.45, 2.75) is 6.92 Å². The van der Waals surface area contributed by atoms with Crippen molar-refractivity contribution in [1.82, 2.24) is 4.98 Å². The van der Waals surface area contributed by atoms with Crippen molar-refractivity contribution < 1.29 is 13.6 Å². The van der Waals surface area contributed by atoms with Gasteiger partial charge in [0, 0.05) is 23.3 Å². The van der Waals surface area contributed by atoms with Crippen LogP contribution in [0.25, 0.3) is 11.0 Å². The van der Waals surface area contributed by atoms with E-state index in [9.17, 15) is 9.18 Å². The van der Waals surface area contributed by atoms with E-state index in [0.717, 1.165) is 5.56 Å². The first kappa shape index (κ1) is 11.6. The molecular weight excluding hydrogens is 245 g/mol. The molecule has 4 heteroatoms. The summed E-state index contributed by atoms with van der Waals surface area (Å²) >= 11 is 0. The zero-order chi connectivity index (χ0) is 13.4. The third-order valence-corrected chi connectivity index (χ3v) is 2.84. The molecule has 0 unspecified atom stereocenters. The lowest BCUT2D eigenvalue weighted by molar-refractivity contribution is 0.101. The first-order valence-corrected chi connectivity index (χ1v) is 5.79. The highest BCUT2D eigenvalue weighted by Crippen LogP contribution is 2.22. The van der Waals surface area contributed by atoms with Gasteiger partial charge in [-0.2, -0.15) is 0 Å². The molecule has 0 N–H and O–H groups in total. The Kier molecular flexibility index (Phi) is 2.63. The molecule has 0 aliphatic rings. The third kappa shape index (κ3) is 2.12. The summed E-state index contributed by atoms with van der Waals surface area (Å²) in [4.78, 5) is 16.2. The maximum atomic E-state index is 13.1. The lowest BCUT2D eigenvalue weighted by atomic mass is 10.1. The Morgan fingerprint density at radius 3 is 2.84 bits per heavy atom. The van der Waals surface area contributed by atoms with E-state index in [1.165, 1.54) is 24.4 Å². The fraction of sp³-hybridized carbons (Fsp3) is 0.0667. The molecule has 2 heterocycles. The predicted molar refractivity (Wildman–Crippen MR) is 68.6 cm³/mol. The number of rotatable bonds is 2.